The van der Waals surface area contributed by atoms with E-state index in [2.05, 4.69) is 208 Å². The highest BCUT2D eigenvalue weighted by molar-refractivity contribution is 6.15. The number of benzene rings is 9. The Morgan fingerprint density at radius 3 is 1.24 bits per heavy atom. The van der Waals surface area contributed by atoms with E-state index in [1.807, 2.05) is 6.07 Å². The van der Waals surface area contributed by atoms with Crippen molar-refractivity contribution < 1.29 is 0 Å². The lowest BCUT2D eigenvalue weighted by atomic mass is 10.1. The summed E-state index contributed by atoms with van der Waals surface area (Å²) in [5.74, 6) is 1.54. The average Bonchev–Trinajstić information content (AvgIpc) is 3.94. The Hall–Kier alpha value is -8.02. The molecule has 0 N–H and O–H groups in total. The standard InChI is InChI=1S/C54H33N5/c1-2-15-35(16-3-1)53-55-52-38-17-5-4-14-34(38)26-29-45(52)54(56-53)59-50-32-36(57-46-22-10-6-18-39(46)40-19-7-11-23-47(40)57)27-30-43(50)44-31-28-37(33-51(44)59)58-48-24-12-8-20-41(48)42-21-9-13-25-49(42)58/h1-33H. The fraction of sp³-hybridized carbons (Fsp3) is 0. The molecule has 0 spiro atoms. The molecule has 4 aromatic heterocycles. The quantitative estimate of drug-likeness (QED) is 0.168. The fourth-order valence-corrected chi connectivity index (χ4v) is 9.64. The van der Waals surface area contributed by atoms with Crippen molar-refractivity contribution in [3.63, 3.8) is 0 Å². The van der Waals surface area contributed by atoms with Gasteiger partial charge in [-0.3, -0.25) is 4.57 Å². The van der Waals surface area contributed by atoms with Crippen LogP contribution in [0.4, 0.5) is 0 Å². The summed E-state index contributed by atoms with van der Waals surface area (Å²) in [4.78, 5) is 10.9. The highest BCUT2D eigenvalue weighted by Gasteiger charge is 2.22. The van der Waals surface area contributed by atoms with Crippen molar-refractivity contribution in [3.05, 3.63) is 200 Å². The molecule has 0 atom stereocenters. The van der Waals surface area contributed by atoms with Gasteiger partial charge in [0, 0.05) is 60.0 Å². The molecular formula is C54H33N5. The minimum absolute atomic E-state index is 0.691. The van der Waals surface area contributed by atoms with Crippen molar-refractivity contribution in [2.24, 2.45) is 0 Å². The van der Waals surface area contributed by atoms with Gasteiger partial charge in [0.15, 0.2) is 5.82 Å². The lowest BCUT2D eigenvalue weighted by Gasteiger charge is -2.15. The van der Waals surface area contributed by atoms with E-state index >= 15 is 0 Å². The van der Waals surface area contributed by atoms with Crippen LogP contribution >= 0.6 is 0 Å². The summed E-state index contributed by atoms with van der Waals surface area (Å²) in [6, 6.07) is 72.0. The van der Waals surface area contributed by atoms with Crippen LogP contribution in [0.3, 0.4) is 0 Å². The van der Waals surface area contributed by atoms with Crippen LogP contribution in [0.25, 0.3) is 116 Å². The molecule has 0 aliphatic carbocycles. The van der Waals surface area contributed by atoms with E-state index in [1.54, 1.807) is 0 Å². The van der Waals surface area contributed by atoms with E-state index in [4.69, 9.17) is 9.97 Å². The Morgan fingerprint density at radius 2 is 0.712 bits per heavy atom. The van der Waals surface area contributed by atoms with Crippen LogP contribution in [-0.4, -0.2) is 23.7 Å². The van der Waals surface area contributed by atoms with Gasteiger partial charge in [0.2, 0.25) is 0 Å². The van der Waals surface area contributed by atoms with Gasteiger partial charge in [0.1, 0.15) is 5.82 Å². The first-order valence-electron chi connectivity index (χ1n) is 20.1. The SMILES string of the molecule is c1ccc(-c2nc(-n3c4cc(-n5c6ccccc6c6ccccc65)ccc4c4ccc(-n5c6ccccc6c6ccccc65)cc43)c3ccc4ccccc4c3n2)cc1. The molecule has 4 heterocycles. The number of hydrogen-bond acceptors (Lipinski definition) is 2. The van der Waals surface area contributed by atoms with E-state index in [0.717, 1.165) is 66.2 Å². The third kappa shape index (κ3) is 4.61. The van der Waals surface area contributed by atoms with Gasteiger partial charge in [-0.15, -0.1) is 0 Å². The van der Waals surface area contributed by atoms with E-state index in [0.29, 0.717) is 5.82 Å². The molecule has 59 heavy (non-hydrogen) atoms. The minimum Gasteiger partial charge on any atom is -0.309 e. The van der Waals surface area contributed by atoms with Gasteiger partial charge in [-0.1, -0.05) is 146 Å². The van der Waals surface area contributed by atoms with E-state index in [9.17, 15) is 0 Å². The lowest BCUT2D eigenvalue weighted by Crippen LogP contribution is -2.04. The maximum atomic E-state index is 5.54. The van der Waals surface area contributed by atoms with Crippen LogP contribution in [0.15, 0.2) is 200 Å². The molecule has 5 heteroatoms. The van der Waals surface area contributed by atoms with Crippen LogP contribution in [0, 0.1) is 0 Å². The van der Waals surface area contributed by atoms with Crippen LogP contribution in [0.5, 0.6) is 0 Å². The summed E-state index contributed by atoms with van der Waals surface area (Å²) in [5.41, 5.74) is 10.9. The first-order valence-corrected chi connectivity index (χ1v) is 20.1. The van der Waals surface area contributed by atoms with Crippen LogP contribution in [0.1, 0.15) is 0 Å². The lowest BCUT2D eigenvalue weighted by molar-refractivity contribution is 1.07. The summed E-state index contributed by atoms with van der Waals surface area (Å²) in [6.07, 6.45) is 0. The van der Waals surface area contributed by atoms with Gasteiger partial charge in [-0.2, -0.15) is 0 Å². The molecule has 274 valence electrons. The Kier molecular flexibility index (Phi) is 6.66. The Labute approximate surface area is 338 Å². The van der Waals surface area contributed by atoms with Crippen molar-refractivity contribution in [1.82, 2.24) is 23.7 Å². The third-order valence-corrected chi connectivity index (χ3v) is 12.2. The van der Waals surface area contributed by atoms with Crippen molar-refractivity contribution in [1.29, 1.82) is 0 Å². The minimum atomic E-state index is 0.691. The summed E-state index contributed by atoms with van der Waals surface area (Å²) >= 11 is 0. The maximum absolute atomic E-state index is 5.54. The zero-order valence-corrected chi connectivity index (χ0v) is 31.8. The first kappa shape index (κ1) is 32.1. The van der Waals surface area contributed by atoms with E-state index < -0.39 is 0 Å². The smallest absolute Gasteiger partial charge is 0.162 e. The van der Waals surface area contributed by atoms with Crippen molar-refractivity contribution in [3.8, 4) is 28.6 Å². The van der Waals surface area contributed by atoms with Crippen molar-refractivity contribution in [2.45, 2.75) is 0 Å². The Bertz CT molecular complexity index is 3570. The molecule has 0 bridgehead atoms. The molecule has 0 fully saturated rings. The largest absolute Gasteiger partial charge is 0.309 e. The highest BCUT2D eigenvalue weighted by atomic mass is 15.1. The Morgan fingerprint density at radius 1 is 0.288 bits per heavy atom. The monoisotopic (exact) mass is 751 g/mol. The van der Waals surface area contributed by atoms with Crippen LogP contribution < -0.4 is 0 Å². The number of fused-ring (bicyclic) bond motifs is 12. The maximum Gasteiger partial charge on any atom is 0.162 e. The average molecular weight is 752 g/mol. The normalized spacial score (nSPS) is 12.1. The second-order valence-corrected chi connectivity index (χ2v) is 15.4. The summed E-state index contributed by atoms with van der Waals surface area (Å²) < 4.78 is 7.19. The van der Waals surface area contributed by atoms with E-state index in [-0.39, 0.29) is 0 Å². The molecule has 9 aromatic carbocycles. The molecule has 0 saturated carbocycles. The zero-order valence-electron chi connectivity index (χ0n) is 31.8. The van der Waals surface area contributed by atoms with Gasteiger partial charge in [-0.05, 0) is 60.0 Å². The molecule has 0 aliphatic heterocycles. The number of para-hydroxylation sites is 4. The molecular weight excluding hydrogens is 719 g/mol. The summed E-state index contributed by atoms with van der Waals surface area (Å²) in [7, 11) is 0. The fourth-order valence-electron chi connectivity index (χ4n) is 9.64. The first-order chi connectivity index (χ1) is 29.3. The predicted molar refractivity (Wildman–Crippen MR) is 245 cm³/mol. The van der Waals surface area contributed by atoms with E-state index in [1.165, 1.54) is 43.6 Å². The molecule has 0 aliphatic rings. The summed E-state index contributed by atoms with van der Waals surface area (Å²) in [5, 5.41) is 10.5. The molecule has 13 rings (SSSR count). The molecule has 13 aromatic rings. The van der Waals surface area contributed by atoms with Gasteiger partial charge in [-0.25, -0.2) is 9.97 Å². The van der Waals surface area contributed by atoms with Crippen molar-refractivity contribution in [2.75, 3.05) is 0 Å². The van der Waals surface area contributed by atoms with Crippen molar-refractivity contribution >= 4 is 87.1 Å². The molecule has 0 amide bonds. The molecule has 0 radical (unpaired) electrons. The predicted octanol–water partition coefficient (Wildman–Crippen LogP) is 13.7. The molecule has 0 unspecified atom stereocenters. The van der Waals surface area contributed by atoms with Gasteiger partial charge >= 0.3 is 0 Å². The number of nitrogens with zero attached hydrogens (tertiary/aromatic N) is 5. The Balaban J connectivity index is 1.19. The number of hydrogen-bond donors (Lipinski definition) is 0. The van der Waals surface area contributed by atoms with Gasteiger partial charge in [0.05, 0.1) is 38.6 Å². The second-order valence-electron chi connectivity index (χ2n) is 15.4. The van der Waals surface area contributed by atoms with Crippen LogP contribution in [0.2, 0.25) is 0 Å². The number of aromatic nitrogens is 5. The molecule has 5 nitrogen and oxygen atoms in total. The second kappa shape index (κ2) is 12.2. The third-order valence-electron chi connectivity index (χ3n) is 12.2. The number of rotatable bonds is 4. The zero-order chi connectivity index (χ0) is 38.6. The van der Waals surface area contributed by atoms with Gasteiger partial charge in [0.25, 0.3) is 0 Å². The summed E-state index contributed by atoms with van der Waals surface area (Å²) in [6.45, 7) is 0. The topological polar surface area (TPSA) is 40.6 Å². The van der Waals surface area contributed by atoms with Crippen LogP contribution in [-0.2, 0) is 0 Å². The molecule has 0 saturated heterocycles. The highest BCUT2D eigenvalue weighted by Crippen LogP contribution is 2.41. The van der Waals surface area contributed by atoms with Gasteiger partial charge < -0.3 is 9.13 Å².